The second kappa shape index (κ2) is 6.09. The topological polar surface area (TPSA) is 81.2 Å². The average molecular weight is 343 g/mol. The molecule has 24 heavy (non-hydrogen) atoms. The lowest BCUT2D eigenvalue weighted by atomic mass is 10.1. The number of methoxy groups -OCH3 is 1. The van der Waals surface area contributed by atoms with Gasteiger partial charge in [-0.1, -0.05) is 0 Å². The van der Waals surface area contributed by atoms with Crippen molar-refractivity contribution >= 4 is 26.7 Å². The maximum Gasteiger partial charge on any atom is 0.262 e. The van der Waals surface area contributed by atoms with Crippen LogP contribution in [0, 0.1) is 13.8 Å². The Morgan fingerprint density at radius 2 is 1.67 bits per heavy atom. The van der Waals surface area contributed by atoms with Gasteiger partial charge >= 0.3 is 0 Å². The number of nitrogens with one attached hydrogen (secondary N) is 1. The summed E-state index contributed by atoms with van der Waals surface area (Å²) in [6, 6.07) is 8.38. The molecule has 1 aromatic heterocycles. The van der Waals surface area contributed by atoms with E-state index in [9.17, 15) is 8.42 Å². The molecule has 0 saturated heterocycles. The Morgan fingerprint density at radius 3 is 2.38 bits per heavy atom. The summed E-state index contributed by atoms with van der Waals surface area (Å²) in [4.78, 5) is 8.58. The molecule has 0 aliphatic carbocycles. The first kappa shape index (κ1) is 16.2. The number of fused-ring (bicyclic) bond motifs is 1. The third-order valence-electron chi connectivity index (χ3n) is 3.70. The summed E-state index contributed by atoms with van der Waals surface area (Å²) in [5.41, 5.74) is 3.14. The van der Waals surface area contributed by atoms with Crippen LogP contribution in [0.3, 0.4) is 0 Å². The van der Waals surface area contributed by atoms with Gasteiger partial charge in [-0.05, 0) is 55.3 Å². The quantitative estimate of drug-likeness (QED) is 0.787. The van der Waals surface area contributed by atoms with Crippen molar-refractivity contribution in [3.63, 3.8) is 0 Å². The van der Waals surface area contributed by atoms with Gasteiger partial charge in [0, 0.05) is 12.4 Å². The van der Waals surface area contributed by atoms with Gasteiger partial charge < -0.3 is 4.74 Å². The molecule has 0 aliphatic heterocycles. The standard InChI is InChI=1S/C17H17N3O3S/c1-11-9-17(12(2)8-16(11)23-3)24(21,22)20-13-4-5-14-15(10-13)19-7-6-18-14/h4-10,20H,1-3H3. The highest BCUT2D eigenvalue weighted by Crippen LogP contribution is 2.27. The third-order valence-corrected chi connectivity index (χ3v) is 5.23. The van der Waals surface area contributed by atoms with Crippen LogP contribution in [0.2, 0.25) is 0 Å². The van der Waals surface area contributed by atoms with Crippen molar-refractivity contribution in [3.8, 4) is 5.75 Å². The van der Waals surface area contributed by atoms with Crippen molar-refractivity contribution in [2.24, 2.45) is 0 Å². The van der Waals surface area contributed by atoms with Crippen molar-refractivity contribution in [1.82, 2.24) is 9.97 Å². The van der Waals surface area contributed by atoms with E-state index in [4.69, 9.17) is 4.74 Å². The molecule has 0 spiro atoms. The molecule has 7 heteroatoms. The fourth-order valence-corrected chi connectivity index (χ4v) is 3.87. The van der Waals surface area contributed by atoms with Gasteiger partial charge in [-0.3, -0.25) is 14.7 Å². The smallest absolute Gasteiger partial charge is 0.262 e. The van der Waals surface area contributed by atoms with E-state index in [-0.39, 0.29) is 4.90 Å². The van der Waals surface area contributed by atoms with E-state index < -0.39 is 10.0 Å². The normalized spacial score (nSPS) is 11.5. The van der Waals surface area contributed by atoms with Crippen molar-refractivity contribution in [2.75, 3.05) is 11.8 Å². The Morgan fingerprint density at radius 1 is 0.958 bits per heavy atom. The number of aromatic nitrogens is 2. The molecule has 3 aromatic rings. The Balaban J connectivity index is 2.00. The molecule has 6 nitrogen and oxygen atoms in total. The molecule has 0 amide bonds. The molecule has 0 bridgehead atoms. The van der Waals surface area contributed by atoms with Crippen LogP contribution in [0.4, 0.5) is 5.69 Å². The van der Waals surface area contributed by atoms with Crippen LogP contribution in [0.5, 0.6) is 5.75 Å². The van der Waals surface area contributed by atoms with Crippen molar-refractivity contribution in [1.29, 1.82) is 0 Å². The van der Waals surface area contributed by atoms with Gasteiger partial charge in [-0.2, -0.15) is 0 Å². The fraction of sp³-hybridized carbons (Fsp3) is 0.176. The molecule has 2 aromatic carbocycles. The molecular formula is C17H17N3O3S. The summed E-state index contributed by atoms with van der Waals surface area (Å²) in [6.45, 7) is 3.55. The Bertz CT molecular complexity index is 1020. The van der Waals surface area contributed by atoms with Crippen molar-refractivity contribution in [2.45, 2.75) is 18.7 Å². The second-order valence-electron chi connectivity index (χ2n) is 5.45. The van der Waals surface area contributed by atoms with Gasteiger partial charge in [0.25, 0.3) is 10.0 Å². The van der Waals surface area contributed by atoms with Gasteiger partial charge in [0.05, 0.1) is 28.7 Å². The van der Waals surface area contributed by atoms with Gasteiger partial charge in [-0.25, -0.2) is 8.42 Å². The number of anilines is 1. The molecule has 3 rings (SSSR count). The number of hydrogen-bond acceptors (Lipinski definition) is 5. The van der Waals surface area contributed by atoms with E-state index in [1.54, 1.807) is 56.8 Å². The molecule has 0 atom stereocenters. The number of ether oxygens (including phenoxy) is 1. The van der Waals surface area contributed by atoms with Gasteiger partial charge in [0.2, 0.25) is 0 Å². The Kier molecular flexibility index (Phi) is 4.11. The first-order valence-electron chi connectivity index (χ1n) is 7.29. The lowest BCUT2D eigenvalue weighted by Gasteiger charge is -2.13. The summed E-state index contributed by atoms with van der Waals surface area (Å²) < 4.78 is 33.3. The first-order valence-corrected chi connectivity index (χ1v) is 8.78. The highest BCUT2D eigenvalue weighted by Gasteiger charge is 2.19. The lowest BCUT2D eigenvalue weighted by molar-refractivity contribution is 0.411. The predicted octanol–water partition coefficient (Wildman–Crippen LogP) is 3.06. The van der Waals surface area contributed by atoms with Crippen molar-refractivity contribution < 1.29 is 13.2 Å². The van der Waals surface area contributed by atoms with Gasteiger partial charge in [-0.15, -0.1) is 0 Å². The van der Waals surface area contributed by atoms with Crippen LogP contribution >= 0.6 is 0 Å². The molecule has 0 radical (unpaired) electrons. The lowest BCUT2D eigenvalue weighted by Crippen LogP contribution is -2.14. The maximum absolute atomic E-state index is 12.7. The zero-order chi connectivity index (χ0) is 17.3. The molecular weight excluding hydrogens is 326 g/mol. The monoisotopic (exact) mass is 343 g/mol. The minimum atomic E-state index is -3.71. The molecule has 0 unspecified atom stereocenters. The first-order chi connectivity index (χ1) is 11.4. The van der Waals surface area contributed by atoms with E-state index >= 15 is 0 Å². The van der Waals surface area contributed by atoms with Crippen LogP contribution < -0.4 is 9.46 Å². The third kappa shape index (κ3) is 3.03. The summed E-state index contributed by atoms with van der Waals surface area (Å²) >= 11 is 0. The highest BCUT2D eigenvalue weighted by molar-refractivity contribution is 7.92. The summed E-state index contributed by atoms with van der Waals surface area (Å²) in [6.07, 6.45) is 3.16. The van der Waals surface area contributed by atoms with Crippen LogP contribution in [-0.4, -0.2) is 25.5 Å². The number of aryl methyl sites for hydroxylation is 2. The minimum absolute atomic E-state index is 0.222. The zero-order valence-corrected chi connectivity index (χ0v) is 14.4. The minimum Gasteiger partial charge on any atom is -0.496 e. The van der Waals surface area contributed by atoms with Crippen LogP contribution in [0.1, 0.15) is 11.1 Å². The second-order valence-corrected chi connectivity index (χ2v) is 7.10. The Labute approximate surface area is 140 Å². The maximum atomic E-state index is 12.7. The molecule has 1 N–H and O–H groups in total. The fourth-order valence-electron chi connectivity index (χ4n) is 2.51. The van der Waals surface area contributed by atoms with Crippen LogP contribution in [0.25, 0.3) is 11.0 Å². The SMILES string of the molecule is COc1cc(C)c(S(=O)(=O)Nc2ccc3nccnc3c2)cc1C. The zero-order valence-electron chi connectivity index (χ0n) is 13.6. The van der Waals surface area contributed by atoms with E-state index in [2.05, 4.69) is 14.7 Å². The number of benzene rings is 2. The molecule has 0 aliphatic rings. The van der Waals surface area contributed by atoms with E-state index in [1.807, 2.05) is 6.92 Å². The average Bonchev–Trinajstić information content (AvgIpc) is 2.56. The number of nitrogens with zero attached hydrogens (tertiary/aromatic N) is 2. The van der Waals surface area contributed by atoms with Crippen LogP contribution in [0.15, 0.2) is 47.6 Å². The molecule has 0 fully saturated rings. The number of sulfonamides is 1. The van der Waals surface area contributed by atoms with Crippen LogP contribution in [-0.2, 0) is 10.0 Å². The number of hydrogen-bond donors (Lipinski definition) is 1. The highest BCUT2D eigenvalue weighted by atomic mass is 32.2. The summed E-state index contributed by atoms with van der Waals surface area (Å²) in [5.74, 6) is 0.660. The Hall–Kier alpha value is -2.67. The number of rotatable bonds is 4. The van der Waals surface area contributed by atoms with Gasteiger partial charge in [0.1, 0.15) is 5.75 Å². The van der Waals surface area contributed by atoms with E-state index in [0.29, 0.717) is 28.0 Å². The summed E-state index contributed by atoms with van der Waals surface area (Å²) in [7, 11) is -2.15. The predicted molar refractivity (Wildman–Crippen MR) is 92.8 cm³/mol. The largest absolute Gasteiger partial charge is 0.496 e. The van der Waals surface area contributed by atoms with Crippen molar-refractivity contribution in [3.05, 3.63) is 53.9 Å². The van der Waals surface area contributed by atoms with E-state index in [0.717, 1.165) is 5.56 Å². The summed E-state index contributed by atoms with van der Waals surface area (Å²) in [5, 5.41) is 0. The van der Waals surface area contributed by atoms with Gasteiger partial charge in [0.15, 0.2) is 0 Å². The van der Waals surface area contributed by atoms with E-state index in [1.165, 1.54) is 0 Å². The molecule has 124 valence electrons. The molecule has 0 saturated carbocycles. The molecule has 1 heterocycles.